The Morgan fingerprint density at radius 1 is 1.24 bits per heavy atom. The van der Waals surface area contributed by atoms with Crippen LogP contribution in [0.25, 0.3) is 0 Å². The predicted octanol–water partition coefficient (Wildman–Crippen LogP) is 4.90. The van der Waals surface area contributed by atoms with E-state index in [0.717, 1.165) is 30.3 Å². The van der Waals surface area contributed by atoms with Gasteiger partial charge in [0, 0.05) is 23.0 Å². The zero-order valence-electron chi connectivity index (χ0n) is 13.0. The minimum atomic E-state index is 0.388. The predicted molar refractivity (Wildman–Crippen MR) is 88.3 cm³/mol. The minimum absolute atomic E-state index is 0.388. The monoisotopic (exact) mass is 307 g/mol. The van der Waals surface area contributed by atoms with Gasteiger partial charge in [0.2, 0.25) is 0 Å². The number of nitrogens with one attached hydrogen (secondary N) is 1. The summed E-state index contributed by atoms with van der Waals surface area (Å²) in [5.41, 5.74) is 2.58. The molecule has 0 spiro atoms. The van der Waals surface area contributed by atoms with Crippen molar-refractivity contribution in [1.82, 2.24) is 5.32 Å². The first-order valence-corrected chi connectivity index (χ1v) is 8.86. The lowest BCUT2D eigenvalue weighted by Gasteiger charge is -2.29. The maximum Gasteiger partial charge on any atom is 0.127 e. The Morgan fingerprint density at radius 2 is 2.00 bits per heavy atom. The summed E-state index contributed by atoms with van der Waals surface area (Å²) in [6.07, 6.45) is 9.12. The van der Waals surface area contributed by atoms with Gasteiger partial charge in [0.1, 0.15) is 5.75 Å². The molecule has 0 amide bonds. The van der Waals surface area contributed by atoms with Crippen molar-refractivity contribution in [1.29, 1.82) is 0 Å². The normalized spacial score (nSPS) is 20.7. The highest BCUT2D eigenvalue weighted by molar-refractivity contribution is 6.30. The first-order chi connectivity index (χ1) is 10.3. The summed E-state index contributed by atoms with van der Waals surface area (Å²) in [6, 6.07) is 4.59. The van der Waals surface area contributed by atoms with Crippen LogP contribution in [-0.2, 0) is 6.42 Å². The van der Waals surface area contributed by atoms with E-state index in [9.17, 15) is 0 Å². The van der Waals surface area contributed by atoms with Gasteiger partial charge in [0.05, 0.1) is 6.61 Å². The van der Waals surface area contributed by atoms with Crippen molar-refractivity contribution in [3.63, 3.8) is 0 Å². The molecule has 1 aromatic carbocycles. The van der Waals surface area contributed by atoms with Crippen LogP contribution in [0.2, 0.25) is 5.02 Å². The highest BCUT2D eigenvalue weighted by atomic mass is 35.5. The summed E-state index contributed by atoms with van der Waals surface area (Å²) in [7, 11) is 0. The molecule has 1 aliphatic heterocycles. The Hall–Kier alpha value is -0.730. The van der Waals surface area contributed by atoms with Gasteiger partial charge in [-0.2, -0.15) is 0 Å². The van der Waals surface area contributed by atoms with Gasteiger partial charge in [-0.25, -0.2) is 0 Å². The van der Waals surface area contributed by atoms with Crippen LogP contribution in [0, 0.1) is 5.92 Å². The molecule has 1 fully saturated rings. The third-order valence-corrected chi connectivity index (χ3v) is 5.13. The summed E-state index contributed by atoms with van der Waals surface area (Å²) in [4.78, 5) is 0. The molecule has 1 aliphatic carbocycles. The molecule has 1 saturated carbocycles. The Balaban J connectivity index is 1.93. The summed E-state index contributed by atoms with van der Waals surface area (Å²) in [5, 5.41) is 4.57. The van der Waals surface area contributed by atoms with Crippen molar-refractivity contribution in [2.45, 2.75) is 57.9 Å². The maximum atomic E-state index is 6.36. The van der Waals surface area contributed by atoms with Crippen LogP contribution in [-0.4, -0.2) is 13.2 Å². The second-order valence-electron chi connectivity index (χ2n) is 6.37. The largest absolute Gasteiger partial charge is 0.493 e. The molecule has 2 nitrogen and oxygen atoms in total. The van der Waals surface area contributed by atoms with Crippen molar-refractivity contribution < 1.29 is 4.74 Å². The van der Waals surface area contributed by atoms with Crippen molar-refractivity contribution in [3.05, 3.63) is 28.3 Å². The fourth-order valence-corrected chi connectivity index (χ4v) is 4.17. The molecule has 0 bridgehead atoms. The fourth-order valence-electron chi connectivity index (χ4n) is 3.92. The second-order valence-corrected chi connectivity index (χ2v) is 6.81. The molecule has 2 aliphatic rings. The summed E-state index contributed by atoms with van der Waals surface area (Å²) < 4.78 is 5.94. The van der Waals surface area contributed by atoms with Crippen molar-refractivity contribution in [3.8, 4) is 5.75 Å². The molecular formula is C18H26ClNO. The average Bonchev–Trinajstić information content (AvgIpc) is 2.78. The number of rotatable bonds is 4. The first-order valence-electron chi connectivity index (χ1n) is 8.48. The van der Waals surface area contributed by atoms with E-state index in [4.69, 9.17) is 16.3 Å². The number of halogens is 1. The molecule has 1 unspecified atom stereocenters. The SMILES string of the molecule is CCNC(c1cc(Cl)cc2c1OCC2)C1CCCCCC1. The second kappa shape index (κ2) is 7.02. The van der Waals surface area contributed by atoms with Gasteiger partial charge in [-0.15, -0.1) is 0 Å². The standard InChI is InChI=1S/C18H26ClNO/c1-2-20-17(13-7-5-3-4-6-8-13)16-12-15(19)11-14-9-10-21-18(14)16/h11-13,17,20H,2-10H2,1H3. The molecule has 3 heteroatoms. The van der Waals surface area contributed by atoms with Crippen LogP contribution in [0.4, 0.5) is 0 Å². The van der Waals surface area contributed by atoms with E-state index in [1.807, 2.05) is 0 Å². The van der Waals surface area contributed by atoms with Gasteiger partial charge >= 0.3 is 0 Å². The van der Waals surface area contributed by atoms with Gasteiger partial charge < -0.3 is 10.1 Å². The number of hydrogen-bond acceptors (Lipinski definition) is 2. The van der Waals surface area contributed by atoms with E-state index < -0.39 is 0 Å². The van der Waals surface area contributed by atoms with Crippen LogP contribution < -0.4 is 10.1 Å². The maximum absolute atomic E-state index is 6.36. The molecule has 1 N–H and O–H groups in total. The molecular weight excluding hydrogens is 282 g/mol. The number of fused-ring (bicyclic) bond motifs is 1. The van der Waals surface area contributed by atoms with Gasteiger partial charge in [-0.05, 0) is 43.0 Å². The Kier molecular flexibility index (Phi) is 5.07. The summed E-state index contributed by atoms with van der Waals surface area (Å²) in [5.74, 6) is 1.81. The molecule has 0 radical (unpaired) electrons. The average molecular weight is 308 g/mol. The van der Waals surface area contributed by atoms with Crippen molar-refractivity contribution in [2.24, 2.45) is 5.92 Å². The highest BCUT2D eigenvalue weighted by Crippen LogP contribution is 2.42. The Labute approximate surface area is 133 Å². The van der Waals surface area contributed by atoms with Gasteiger partial charge in [0.25, 0.3) is 0 Å². The van der Waals surface area contributed by atoms with E-state index in [-0.39, 0.29) is 0 Å². The van der Waals surface area contributed by atoms with E-state index in [1.54, 1.807) is 0 Å². The number of hydrogen-bond donors (Lipinski definition) is 1. The lowest BCUT2D eigenvalue weighted by molar-refractivity contribution is 0.308. The zero-order valence-corrected chi connectivity index (χ0v) is 13.7. The van der Waals surface area contributed by atoms with Crippen LogP contribution in [0.15, 0.2) is 12.1 Å². The fraction of sp³-hybridized carbons (Fsp3) is 0.667. The molecule has 1 aromatic rings. The molecule has 116 valence electrons. The molecule has 1 heterocycles. The van der Waals surface area contributed by atoms with E-state index in [1.165, 1.54) is 49.7 Å². The van der Waals surface area contributed by atoms with Gasteiger partial charge in [0.15, 0.2) is 0 Å². The van der Waals surface area contributed by atoms with E-state index in [2.05, 4.69) is 24.4 Å². The summed E-state index contributed by atoms with van der Waals surface area (Å²) >= 11 is 6.36. The molecule has 0 aromatic heterocycles. The van der Waals surface area contributed by atoms with Crippen LogP contribution in [0.5, 0.6) is 5.75 Å². The lowest BCUT2D eigenvalue weighted by atomic mass is 9.86. The molecule has 21 heavy (non-hydrogen) atoms. The van der Waals surface area contributed by atoms with Crippen LogP contribution in [0.1, 0.15) is 62.6 Å². The zero-order chi connectivity index (χ0) is 14.7. The number of benzene rings is 1. The van der Waals surface area contributed by atoms with Crippen LogP contribution in [0.3, 0.4) is 0 Å². The van der Waals surface area contributed by atoms with Crippen molar-refractivity contribution >= 4 is 11.6 Å². The highest BCUT2D eigenvalue weighted by Gasteiger charge is 2.29. The van der Waals surface area contributed by atoms with Crippen molar-refractivity contribution in [2.75, 3.05) is 13.2 Å². The molecule has 3 rings (SSSR count). The third-order valence-electron chi connectivity index (χ3n) is 4.91. The lowest BCUT2D eigenvalue weighted by Crippen LogP contribution is -2.28. The topological polar surface area (TPSA) is 21.3 Å². The third kappa shape index (κ3) is 3.37. The Bertz CT molecular complexity index is 480. The Morgan fingerprint density at radius 3 is 2.71 bits per heavy atom. The van der Waals surface area contributed by atoms with Gasteiger partial charge in [-0.3, -0.25) is 0 Å². The quantitative estimate of drug-likeness (QED) is 0.799. The minimum Gasteiger partial charge on any atom is -0.493 e. The molecule has 0 saturated heterocycles. The van der Waals surface area contributed by atoms with E-state index in [0.29, 0.717) is 12.0 Å². The number of ether oxygens (including phenoxy) is 1. The molecule has 1 atom stereocenters. The van der Waals surface area contributed by atoms with Crippen LogP contribution >= 0.6 is 11.6 Å². The van der Waals surface area contributed by atoms with E-state index >= 15 is 0 Å². The van der Waals surface area contributed by atoms with Gasteiger partial charge in [-0.1, -0.05) is 44.2 Å². The smallest absolute Gasteiger partial charge is 0.127 e. The first kappa shape index (κ1) is 15.2. The summed E-state index contributed by atoms with van der Waals surface area (Å²) in [6.45, 7) is 3.98.